The van der Waals surface area contributed by atoms with E-state index in [1.54, 1.807) is 65.6 Å². The van der Waals surface area contributed by atoms with E-state index >= 15 is 0 Å². The molecule has 4 amide bonds. The van der Waals surface area contributed by atoms with Gasteiger partial charge >= 0.3 is 0 Å². The molecule has 8 heteroatoms. The van der Waals surface area contributed by atoms with Gasteiger partial charge in [-0.2, -0.15) is 0 Å². The molecule has 0 bridgehead atoms. The van der Waals surface area contributed by atoms with Crippen molar-refractivity contribution in [3.63, 3.8) is 0 Å². The van der Waals surface area contributed by atoms with E-state index in [-0.39, 0.29) is 24.3 Å². The number of amides is 4. The summed E-state index contributed by atoms with van der Waals surface area (Å²) in [6.45, 7) is 1.18. The van der Waals surface area contributed by atoms with E-state index in [0.717, 1.165) is 0 Å². The summed E-state index contributed by atoms with van der Waals surface area (Å²) in [4.78, 5) is 53.6. The van der Waals surface area contributed by atoms with Gasteiger partial charge in [-0.15, -0.1) is 0 Å². The number of carbonyl (C=O) groups excluding carboxylic acids is 4. The fourth-order valence-corrected chi connectivity index (χ4v) is 4.33. The number of benzene rings is 3. The molecule has 33 heavy (non-hydrogen) atoms. The molecule has 164 valence electrons. The molecule has 0 saturated heterocycles. The summed E-state index contributed by atoms with van der Waals surface area (Å²) in [5.74, 6) is -1.10. The molecule has 0 saturated carbocycles. The summed E-state index contributed by atoms with van der Waals surface area (Å²) < 4.78 is 0. The van der Waals surface area contributed by atoms with E-state index in [0.29, 0.717) is 33.8 Å². The van der Waals surface area contributed by atoms with E-state index in [4.69, 9.17) is 0 Å². The van der Waals surface area contributed by atoms with E-state index in [9.17, 15) is 19.2 Å². The van der Waals surface area contributed by atoms with Crippen molar-refractivity contribution in [2.45, 2.75) is 13.1 Å². The van der Waals surface area contributed by atoms with E-state index in [1.165, 1.54) is 11.8 Å². The van der Waals surface area contributed by atoms with Crippen LogP contribution in [0.2, 0.25) is 0 Å². The molecule has 0 aliphatic carbocycles. The molecule has 1 atom stereocenters. The minimum atomic E-state index is -0.691. The highest BCUT2D eigenvalue weighted by Gasteiger charge is 2.48. The molecule has 2 aliphatic heterocycles. The van der Waals surface area contributed by atoms with Gasteiger partial charge in [0, 0.05) is 29.4 Å². The van der Waals surface area contributed by atoms with Gasteiger partial charge < -0.3 is 15.5 Å². The standard InChI is InChI=1S/C25H20N4O4/c1-15(30)26-16-10-12-17(13-11-16)27-22(31)14-28-23-18-6-2-3-7-19(18)25(33)29(23)21-9-5-4-8-20(21)24(28)32/h2-13,23H,14H2,1H3,(H,26,30)(H,27,31)/t23-/m1/s1. The first-order valence-corrected chi connectivity index (χ1v) is 10.4. The lowest BCUT2D eigenvalue weighted by Crippen LogP contribution is -2.50. The summed E-state index contributed by atoms with van der Waals surface area (Å²) in [7, 11) is 0. The molecule has 0 radical (unpaired) electrons. The van der Waals surface area contributed by atoms with Gasteiger partial charge in [0.1, 0.15) is 12.7 Å². The molecule has 3 aromatic carbocycles. The number of rotatable bonds is 4. The first-order chi connectivity index (χ1) is 15.9. The van der Waals surface area contributed by atoms with Crippen LogP contribution in [0.25, 0.3) is 0 Å². The highest BCUT2D eigenvalue weighted by molar-refractivity contribution is 6.17. The smallest absolute Gasteiger partial charge is 0.260 e. The van der Waals surface area contributed by atoms with Crippen LogP contribution >= 0.6 is 0 Å². The maximum absolute atomic E-state index is 13.4. The van der Waals surface area contributed by atoms with Crippen LogP contribution in [0.1, 0.15) is 39.4 Å². The van der Waals surface area contributed by atoms with Crippen LogP contribution in [0, 0.1) is 0 Å². The van der Waals surface area contributed by atoms with Crippen LogP contribution in [0.4, 0.5) is 17.1 Å². The van der Waals surface area contributed by atoms with Crippen molar-refractivity contribution in [2.24, 2.45) is 0 Å². The summed E-state index contributed by atoms with van der Waals surface area (Å²) in [5.41, 5.74) is 3.27. The Balaban J connectivity index is 1.44. The van der Waals surface area contributed by atoms with Gasteiger partial charge in [-0.25, -0.2) is 0 Å². The highest BCUT2D eigenvalue weighted by Crippen LogP contribution is 2.44. The van der Waals surface area contributed by atoms with Crippen molar-refractivity contribution in [1.29, 1.82) is 0 Å². The highest BCUT2D eigenvalue weighted by atomic mass is 16.2. The third-order valence-corrected chi connectivity index (χ3v) is 5.69. The van der Waals surface area contributed by atoms with Crippen molar-refractivity contribution in [3.05, 3.63) is 89.5 Å². The van der Waals surface area contributed by atoms with Crippen molar-refractivity contribution in [2.75, 3.05) is 22.1 Å². The number of nitrogens with zero attached hydrogens (tertiary/aromatic N) is 2. The fraction of sp³-hybridized carbons (Fsp3) is 0.120. The van der Waals surface area contributed by atoms with Crippen molar-refractivity contribution in [3.8, 4) is 0 Å². The molecule has 3 aromatic rings. The quantitative estimate of drug-likeness (QED) is 0.650. The zero-order chi connectivity index (χ0) is 23.1. The monoisotopic (exact) mass is 440 g/mol. The maximum Gasteiger partial charge on any atom is 0.260 e. The Labute approximate surface area is 189 Å². The normalized spacial score (nSPS) is 16.1. The molecular formula is C25H20N4O4. The summed E-state index contributed by atoms with van der Waals surface area (Å²) in [6.07, 6.45) is -0.691. The van der Waals surface area contributed by atoms with E-state index in [1.807, 2.05) is 12.1 Å². The molecule has 0 spiro atoms. The predicted molar refractivity (Wildman–Crippen MR) is 123 cm³/mol. The molecule has 2 aliphatic rings. The summed E-state index contributed by atoms with van der Waals surface area (Å²) >= 11 is 0. The lowest BCUT2D eigenvalue weighted by molar-refractivity contribution is -0.117. The van der Waals surface area contributed by atoms with E-state index in [2.05, 4.69) is 10.6 Å². The second-order valence-electron chi connectivity index (χ2n) is 7.89. The Bertz CT molecular complexity index is 1300. The van der Waals surface area contributed by atoms with Crippen LogP contribution in [0.3, 0.4) is 0 Å². The summed E-state index contributed by atoms with van der Waals surface area (Å²) in [6, 6.07) is 20.7. The Hall–Kier alpha value is -4.46. The van der Waals surface area contributed by atoms with Gasteiger partial charge in [-0.05, 0) is 42.5 Å². The van der Waals surface area contributed by atoms with Gasteiger partial charge in [0.2, 0.25) is 11.8 Å². The molecule has 0 fully saturated rings. The van der Waals surface area contributed by atoms with Crippen molar-refractivity contribution >= 4 is 40.7 Å². The minimum Gasteiger partial charge on any atom is -0.326 e. The number of hydrogen-bond acceptors (Lipinski definition) is 4. The average Bonchev–Trinajstić information content (AvgIpc) is 3.10. The predicted octanol–water partition coefficient (Wildman–Crippen LogP) is 3.40. The lowest BCUT2D eigenvalue weighted by Gasteiger charge is -2.40. The lowest BCUT2D eigenvalue weighted by atomic mass is 10.0. The Morgan fingerprint density at radius 3 is 2.09 bits per heavy atom. The second kappa shape index (κ2) is 7.90. The number of para-hydroxylation sites is 1. The van der Waals surface area contributed by atoms with Gasteiger partial charge in [-0.1, -0.05) is 30.3 Å². The molecule has 0 aromatic heterocycles. The molecular weight excluding hydrogens is 420 g/mol. The number of carbonyl (C=O) groups is 4. The number of fused-ring (bicyclic) bond motifs is 5. The van der Waals surface area contributed by atoms with Crippen molar-refractivity contribution < 1.29 is 19.2 Å². The molecule has 5 rings (SSSR count). The third kappa shape index (κ3) is 3.51. The zero-order valence-electron chi connectivity index (χ0n) is 17.7. The number of nitrogens with one attached hydrogen (secondary N) is 2. The van der Waals surface area contributed by atoms with Crippen LogP contribution in [0.15, 0.2) is 72.8 Å². The summed E-state index contributed by atoms with van der Waals surface area (Å²) in [5, 5.41) is 5.44. The van der Waals surface area contributed by atoms with Crippen LogP contribution in [-0.2, 0) is 9.59 Å². The topological polar surface area (TPSA) is 98.8 Å². The molecule has 8 nitrogen and oxygen atoms in total. The Morgan fingerprint density at radius 2 is 1.39 bits per heavy atom. The van der Waals surface area contributed by atoms with Gasteiger partial charge in [0.25, 0.3) is 11.8 Å². The van der Waals surface area contributed by atoms with Crippen LogP contribution in [-0.4, -0.2) is 35.1 Å². The van der Waals surface area contributed by atoms with Crippen LogP contribution < -0.4 is 15.5 Å². The van der Waals surface area contributed by atoms with Gasteiger partial charge in [0.05, 0.1) is 11.3 Å². The van der Waals surface area contributed by atoms with Crippen molar-refractivity contribution in [1.82, 2.24) is 4.90 Å². The number of hydrogen-bond donors (Lipinski definition) is 2. The Morgan fingerprint density at radius 1 is 0.788 bits per heavy atom. The maximum atomic E-state index is 13.4. The first-order valence-electron chi connectivity index (χ1n) is 10.4. The minimum absolute atomic E-state index is 0.188. The SMILES string of the molecule is CC(=O)Nc1ccc(NC(=O)CN2C(=O)c3ccccc3N3C(=O)c4ccccc4[C@H]23)cc1. The molecule has 2 N–H and O–H groups in total. The zero-order valence-corrected chi connectivity index (χ0v) is 17.7. The third-order valence-electron chi connectivity index (χ3n) is 5.69. The molecule has 2 heterocycles. The Kier molecular flexibility index (Phi) is 4.90. The number of anilines is 3. The second-order valence-corrected chi connectivity index (χ2v) is 7.89. The fourth-order valence-electron chi connectivity index (χ4n) is 4.33. The van der Waals surface area contributed by atoms with E-state index < -0.39 is 12.1 Å². The van der Waals surface area contributed by atoms with Crippen LogP contribution in [0.5, 0.6) is 0 Å². The molecule has 0 unspecified atom stereocenters. The van der Waals surface area contributed by atoms with Gasteiger partial charge in [-0.3, -0.25) is 24.1 Å². The largest absolute Gasteiger partial charge is 0.326 e. The average molecular weight is 440 g/mol. The van der Waals surface area contributed by atoms with Gasteiger partial charge in [0.15, 0.2) is 0 Å². The first kappa shape index (κ1) is 20.4.